The molecule has 1 aliphatic heterocycles. The Labute approximate surface area is 168 Å². The Kier molecular flexibility index (Phi) is 6.19. The molecule has 2 aromatic rings. The number of cyclic esters (lactones) is 1. The van der Waals surface area contributed by atoms with Crippen LogP contribution >= 0.6 is 0 Å². The maximum atomic E-state index is 12.2. The number of carbonyl (C=O) groups is 1. The van der Waals surface area contributed by atoms with Gasteiger partial charge in [-0.2, -0.15) is 0 Å². The van der Waals surface area contributed by atoms with Crippen LogP contribution in [0.25, 0.3) is 12.2 Å². The van der Waals surface area contributed by atoms with Crippen LogP contribution < -0.4 is 18.9 Å². The van der Waals surface area contributed by atoms with E-state index in [1.165, 1.54) is 21.3 Å². The molecule has 2 aromatic carbocycles. The molecule has 0 bridgehead atoms. The Morgan fingerprint density at radius 2 is 1.48 bits per heavy atom. The number of benzene rings is 2. The molecule has 0 amide bonds. The van der Waals surface area contributed by atoms with E-state index in [-0.39, 0.29) is 11.6 Å². The topological polar surface area (TPSA) is 75.6 Å². The van der Waals surface area contributed by atoms with E-state index in [1.807, 2.05) is 24.3 Å². The van der Waals surface area contributed by atoms with Crippen LogP contribution in [-0.4, -0.2) is 40.3 Å². The standard InChI is InChI=1S/C22H21NO6/c1-25-16-8-5-14(6-9-16)7-10-20-23-17(22(24)29-20)11-15-12-18(26-2)21(28-4)19(13-15)27-3/h5-13H,1-4H3. The Balaban J connectivity index is 1.85. The summed E-state index contributed by atoms with van der Waals surface area (Å²) < 4.78 is 26.3. The van der Waals surface area contributed by atoms with Crippen LogP contribution in [0.15, 0.2) is 53.2 Å². The van der Waals surface area contributed by atoms with E-state index in [4.69, 9.17) is 23.7 Å². The van der Waals surface area contributed by atoms with Gasteiger partial charge in [0.15, 0.2) is 17.2 Å². The molecule has 0 N–H and O–H groups in total. The number of hydrogen-bond donors (Lipinski definition) is 0. The van der Waals surface area contributed by atoms with E-state index >= 15 is 0 Å². The predicted molar refractivity (Wildman–Crippen MR) is 110 cm³/mol. The minimum absolute atomic E-state index is 0.175. The molecule has 0 fully saturated rings. The van der Waals surface area contributed by atoms with Crippen molar-refractivity contribution in [2.75, 3.05) is 28.4 Å². The summed E-state index contributed by atoms with van der Waals surface area (Å²) in [6.45, 7) is 0. The number of rotatable bonds is 7. The van der Waals surface area contributed by atoms with Gasteiger partial charge in [-0.1, -0.05) is 12.1 Å². The van der Waals surface area contributed by atoms with Crippen molar-refractivity contribution >= 4 is 24.0 Å². The molecule has 7 nitrogen and oxygen atoms in total. The predicted octanol–water partition coefficient (Wildman–Crippen LogP) is 3.73. The smallest absolute Gasteiger partial charge is 0.363 e. The summed E-state index contributed by atoms with van der Waals surface area (Å²) in [4.78, 5) is 16.4. The summed E-state index contributed by atoms with van der Waals surface area (Å²) in [6.07, 6.45) is 5.03. The van der Waals surface area contributed by atoms with Crippen LogP contribution in [0.4, 0.5) is 0 Å². The second-order valence-electron chi connectivity index (χ2n) is 5.93. The fourth-order valence-electron chi connectivity index (χ4n) is 2.72. The molecule has 0 spiro atoms. The highest BCUT2D eigenvalue weighted by Gasteiger charge is 2.22. The first kappa shape index (κ1) is 20.0. The Hall–Kier alpha value is -3.74. The second kappa shape index (κ2) is 8.97. The van der Waals surface area contributed by atoms with E-state index in [9.17, 15) is 4.79 Å². The minimum Gasteiger partial charge on any atom is -0.497 e. The number of esters is 1. The van der Waals surface area contributed by atoms with Crippen LogP contribution in [0.3, 0.4) is 0 Å². The zero-order chi connectivity index (χ0) is 20.8. The van der Waals surface area contributed by atoms with Crippen LogP contribution in [0.5, 0.6) is 23.0 Å². The van der Waals surface area contributed by atoms with Crippen LogP contribution in [-0.2, 0) is 9.53 Å². The summed E-state index contributed by atoms with van der Waals surface area (Å²) in [5.41, 5.74) is 1.76. The summed E-state index contributed by atoms with van der Waals surface area (Å²) in [7, 11) is 6.19. The first-order valence-corrected chi connectivity index (χ1v) is 8.72. The highest BCUT2D eigenvalue weighted by Crippen LogP contribution is 2.39. The molecule has 3 rings (SSSR count). The normalized spacial score (nSPS) is 14.7. The van der Waals surface area contributed by atoms with Gasteiger partial charge in [-0.15, -0.1) is 0 Å². The molecule has 29 heavy (non-hydrogen) atoms. The number of methoxy groups -OCH3 is 4. The van der Waals surface area contributed by atoms with Crippen LogP contribution in [0.1, 0.15) is 11.1 Å². The highest BCUT2D eigenvalue weighted by molar-refractivity contribution is 6.11. The molecule has 7 heteroatoms. The van der Waals surface area contributed by atoms with Gasteiger partial charge in [-0.25, -0.2) is 9.79 Å². The van der Waals surface area contributed by atoms with Crippen molar-refractivity contribution in [2.45, 2.75) is 0 Å². The van der Waals surface area contributed by atoms with Crippen molar-refractivity contribution in [3.05, 3.63) is 59.3 Å². The SMILES string of the molecule is COc1ccc(C=CC2=NC(=Cc3cc(OC)c(OC)c(OC)c3)C(=O)O2)cc1. The van der Waals surface area contributed by atoms with Gasteiger partial charge in [0.05, 0.1) is 28.4 Å². The molecule has 0 radical (unpaired) electrons. The quantitative estimate of drug-likeness (QED) is 0.525. The van der Waals surface area contributed by atoms with Crippen molar-refractivity contribution in [1.29, 1.82) is 0 Å². The lowest BCUT2D eigenvalue weighted by Crippen LogP contribution is -2.01. The van der Waals surface area contributed by atoms with Crippen molar-refractivity contribution in [3.63, 3.8) is 0 Å². The second-order valence-corrected chi connectivity index (χ2v) is 5.93. The fraction of sp³-hybridized carbons (Fsp3) is 0.182. The first-order chi connectivity index (χ1) is 14.1. The van der Waals surface area contributed by atoms with Gasteiger partial charge >= 0.3 is 5.97 Å². The zero-order valence-electron chi connectivity index (χ0n) is 16.6. The van der Waals surface area contributed by atoms with Gasteiger partial charge in [0, 0.05) is 6.08 Å². The van der Waals surface area contributed by atoms with Crippen molar-refractivity contribution in [3.8, 4) is 23.0 Å². The maximum Gasteiger partial charge on any atom is 0.363 e. The lowest BCUT2D eigenvalue weighted by Gasteiger charge is -2.12. The van der Waals surface area contributed by atoms with Gasteiger partial charge < -0.3 is 23.7 Å². The van der Waals surface area contributed by atoms with E-state index in [0.29, 0.717) is 22.8 Å². The molecule has 150 valence electrons. The fourth-order valence-corrected chi connectivity index (χ4v) is 2.72. The number of hydrogen-bond acceptors (Lipinski definition) is 7. The zero-order valence-corrected chi connectivity index (χ0v) is 16.6. The molecule has 0 saturated carbocycles. The third-order valence-corrected chi connectivity index (χ3v) is 4.16. The maximum absolute atomic E-state index is 12.2. The summed E-state index contributed by atoms with van der Waals surface area (Å²) in [5, 5.41) is 0. The number of nitrogens with zero attached hydrogens (tertiary/aromatic N) is 1. The third kappa shape index (κ3) is 4.57. The van der Waals surface area contributed by atoms with Crippen LogP contribution in [0.2, 0.25) is 0 Å². The number of aliphatic imine (C=N–C) groups is 1. The molecular formula is C22H21NO6. The third-order valence-electron chi connectivity index (χ3n) is 4.16. The number of carbonyl (C=O) groups excluding carboxylic acids is 1. The molecule has 0 unspecified atom stereocenters. The van der Waals surface area contributed by atoms with Gasteiger partial charge in [0.25, 0.3) is 0 Å². The highest BCUT2D eigenvalue weighted by atomic mass is 16.6. The first-order valence-electron chi connectivity index (χ1n) is 8.72. The van der Waals surface area contributed by atoms with E-state index in [1.54, 1.807) is 37.5 Å². The van der Waals surface area contributed by atoms with E-state index < -0.39 is 5.97 Å². The van der Waals surface area contributed by atoms with E-state index in [0.717, 1.165) is 11.3 Å². The molecule has 1 heterocycles. The van der Waals surface area contributed by atoms with Crippen LogP contribution in [0, 0.1) is 0 Å². The minimum atomic E-state index is -0.534. The summed E-state index contributed by atoms with van der Waals surface area (Å²) in [6, 6.07) is 10.9. The molecule has 0 aromatic heterocycles. The Bertz CT molecular complexity index is 964. The van der Waals surface area contributed by atoms with Gasteiger partial charge in [-0.05, 0) is 47.5 Å². The van der Waals surface area contributed by atoms with E-state index in [2.05, 4.69) is 4.99 Å². The average molecular weight is 395 g/mol. The molecular weight excluding hydrogens is 374 g/mol. The molecule has 0 aliphatic carbocycles. The van der Waals surface area contributed by atoms with Crippen molar-refractivity contribution in [1.82, 2.24) is 0 Å². The monoisotopic (exact) mass is 395 g/mol. The average Bonchev–Trinajstić information content (AvgIpc) is 3.10. The van der Waals surface area contributed by atoms with Crippen molar-refractivity contribution < 1.29 is 28.5 Å². The molecule has 0 atom stereocenters. The molecule has 1 aliphatic rings. The Morgan fingerprint density at radius 3 is 2.03 bits per heavy atom. The summed E-state index contributed by atoms with van der Waals surface area (Å²) >= 11 is 0. The Morgan fingerprint density at radius 1 is 0.828 bits per heavy atom. The molecule has 0 saturated heterocycles. The lowest BCUT2D eigenvalue weighted by molar-refractivity contribution is -0.129. The van der Waals surface area contributed by atoms with Crippen molar-refractivity contribution in [2.24, 2.45) is 4.99 Å². The van der Waals surface area contributed by atoms with Gasteiger partial charge in [0.1, 0.15) is 5.75 Å². The number of ether oxygens (including phenoxy) is 5. The van der Waals surface area contributed by atoms with Gasteiger partial charge in [-0.3, -0.25) is 0 Å². The summed E-state index contributed by atoms with van der Waals surface area (Å²) in [5.74, 6) is 1.88. The largest absolute Gasteiger partial charge is 0.497 e. The lowest BCUT2D eigenvalue weighted by atomic mass is 10.1. The van der Waals surface area contributed by atoms with Gasteiger partial charge in [0.2, 0.25) is 11.6 Å².